The first kappa shape index (κ1) is 18.8. The summed E-state index contributed by atoms with van der Waals surface area (Å²) in [5.74, 6) is -0.0476. The topological polar surface area (TPSA) is 81.7 Å². The van der Waals surface area contributed by atoms with Gasteiger partial charge in [0, 0.05) is 0 Å². The van der Waals surface area contributed by atoms with Gasteiger partial charge in [-0.2, -0.15) is 0 Å². The maximum atomic E-state index is 12.6. The fraction of sp³-hybridized carbons (Fsp3) is 0.278. The zero-order valence-electron chi connectivity index (χ0n) is 14.6. The predicted octanol–water partition coefficient (Wildman–Crippen LogP) is 3.45. The Morgan fingerprint density at radius 2 is 1.60 bits per heavy atom. The van der Waals surface area contributed by atoms with E-state index in [4.69, 9.17) is 9.47 Å². The maximum absolute atomic E-state index is 12.6. The van der Waals surface area contributed by atoms with Gasteiger partial charge < -0.3 is 9.47 Å². The zero-order valence-corrected chi connectivity index (χ0v) is 15.4. The van der Waals surface area contributed by atoms with Gasteiger partial charge in [0.15, 0.2) is 0 Å². The fourth-order valence-electron chi connectivity index (χ4n) is 2.04. The Morgan fingerprint density at radius 3 is 2.16 bits per heavy atom. The molecule has 2 aromatic rings. The lowest BCUT2D eigenvalue weighted by atomic mass is 10.1. The van der Waals surface area contributed by atoms with Crippen LogP contribution in [0.1, 0.15) is 31.1 Å². The van der Waals surface area contributed by atoms with Crippen molar-refractivity contribution in [2.45, 2.75) is 31.3 Å². The predicted molar refractivity (Wildman–Crippen MR) is 95.4 cm³/mol. The van der Waals surface area contributed by atoms with Crippen LogP contribution < -0.4 is 9.46 Å². The van der Waals surface area contributed by atoms with Crippen LogP contribution in [0.15, 0.2) is 53.4 Å². The minimum absolute atomic E-state index is 0.0623. The van der Waals surface area contributed by atoms with Crippen molar-refractivity contribution in [2.24, 2.45) is 0 Å². The van der Waals surface area contributed by atoms with E-state index >= 15 is 0 Å². The third-order valence-electron chi connectivity index (χ3n) is 3.16. The first-order valence-electron chi connectivity index (χ1n) is 7.62. The van der Waals surface area contributed by atoms with E-state index in [1.54, 1.807) is 45.0 Å². The number of para-hydroxylation sites is 1. The lowest BCUT2D eigenvalue weighted by Crippen LogP contribution is -2.25. The molecule has 2 aromatic carbocycles. The maximum Gasteiger partial charge on any atom is 0.340 e. The minimum atomic E-state index is -3.85. The molecule has 0 fully saturated rings. The summed E-state index contributed by atoms with van der Waals surface area (Å²) in [5.41, 5.74) is -0.374. The number of rotatable bonds is 5. The molecule has 0 heterocycles. The van der Waals surface area contributed by atoms with Gasteiger partial charge in [-0.25, -0.2) is 13.2 Å². The molecule has 0 aliphatic rings. The number of sulfonamides is 1. The molecule has 7 heteroatoms. The highest BCUT2D eigenvalue weighted by molar-refractivity contribution is 7.92. The summed E-state index contributed by atoms with van der Waals surface area (Å²) in [7, 11) is -2.35. The van der Waals surface area contributed by atoms with E-state index in [1.165, 1.54) is 31.4 Å². The molecule has 0 amide bonds. The van der Waals surface area contributed by atoms with E-state index in [9.17, 15) is 13.2 Å². The second kappa shape index (κ2) is 7.14. The molecule has 0 radical (unpaired) electrons. The van der Waals surface area contributed by atoms with Crippen molar-refractivity contribution in [2.75, 3.05) is 11.8 Å². The van der Waals surface area contributed by atoms with Gasteiger partial charge >= 0.3 is 5.97 Å². The minimum Gasteiger partial charge on any atom is -0.497 e. The molecule has 0 atom stereocenters. The average molecular weight is 363 g/mol. The van der Waals surface area contributed by atoms with Crippen molar-refractivity contribution in [3.05, 3.63) is 54.1 Å². The number of carbonyl (C=O) groups excluding carboxylic acids is 1. The van der Waals surface area contributed by atoms with E-state index in [-0.39, 0.29) is 16.1 Å². The Morgan fingerprint density at radius 1 is 1.00 bits per heavy atom. The fourth-order valence-corrected chi connectivity index (χ4v) is 3.12. The second-order valence-electron chi connectivity index (χ2n) is 6.33. The molecule has 2 rings (SSSR count). The lowest BCUT2D eigenvalue weighted by molar-refractivity contribution is 0.00708. The van der Waals surface area contributed by atoms with Crippen LogP contribution in [0.25, 0.3) is 0 Å². The molecular weight excluding hydrogens is 342 g/mol. The van der Waals surface area contributed by atoms with Gasteiger partial charge in [0.05, 0.1) is 23.3 Å². The van der Waals surface area contributed by atoms with Crippen LogP contribution in [0.4, 0.5) is 5.69 Å². The highest BCUT2D eigenvalue weighted by Gasteiger charge is 2.23. The van der Waals surface area contributed by atoms with Gasteiger partial charge in [-0.3, -0.25) is 4.72 Å². The smallest absolute Gasteiger partial charge is 0.340 e. The number of nitrogens with one attached hydrogen (secondary N) is 1. The lowest BCUT2D eigenvalue weighted by Gasteiger charge is -2.20. The van der Waals surface area contributed by atoms with Crippen LogP contribution in [-0.2, 0) is 14.8 Å². The van der Waals surface area contributed by atoms with Gasteiger partial charge in [-0.1, -0.05) is 12.1 Å². The number of anilines is 1. The van der Waals surface area contributed by atoms with E-state index in [0.717, 1.165) is 0 Å². The quantitative estimate of drug-likeness (QED) is 0.823. The average Bonchev–Trinajstić information content (AvgIpc) is 2.53. The Labute approximate surface area is 147 Å². The molecule has 0 bridgehead atoms. The Kier molecular flexibility index (Phi) is 5.37. The second-order valence-corrected chi connectivity index (χ2v) is 8.01. The van der Waals surface area contributed by atoms with Crippen LogP contribution in [0.3, 0.4) is 0 Å². The Bertz CT molecular complexity index is 852. The molecule has 134 valence electrons. The van der Waals surface area contributed by atoms with Crippen LogP contribution >= 0.6 is 0 Å². The number of carbonyl (C=O) groups is 1. The van der Waals surface area contributed by atoms with Gasteiger partial charge in [0.1, 0.15) is 11.4 Å². The molecule has 6 nitrogen and oxygen atoms in total. The summed E-state index contributed by atoms with van der Waals surface area (Å²) in [5, 5.41) is 0. The van der Waals surface area contributed by atoms with Gasteiger partial charge in [0.2, 0.25) is 0 Å². The number of esters is 1. The van der Waals surface area contributed by atoms with Crippen LogP contribution in [0.2, 0.25) is 0 Å². The van der Waals surface area contributed by atoms with Crippen molar-refractivity contribution in [1.82, 2.24) is 0 Å². The third kappa shape index (κ3) is 4.96. The normalized spacial score (nSPS) is 11.7. The summed E-state index contributed by atoms with van der Waals surface area (Å²) in [6.45, 7) is 5.24. The van der Waals surface area contributed by atoms with Crippen molar-refractivity contribution < 1.29 is 22.7 Å². The molecule has 25 heavy (non-hydrogen) atoms. The number of methoxy groups -OCH3 is 1. The van der Waals surface area contributed by atoms with Gasteiger partial charge in [0.25, 0.3) is 10.0 Å². The molecule has 0 aromatic heterocycles. The van der Waals surface area contributed by atoms with E-state index in [0.29, 0.717) is 5.75 Å². The number of hydrogen-bond donors (Lipinski definition) is 1. The number of hydrogen-bond acceptors (Lipinski definition) is 5. The van der Waals surface area contributed by atoms with Crippen molar-refractivity contribution in [3.63, 3.8) is 0 Å². The molecule has 1 N–H and O–H groups in total. The summed E-state index contributed by atoms with van der Waals surface area (Å²) in [6, 6.07) is 12.3. The van der Waals surface area contributed by atoms with Crippen molar-refractivity contribution in [3.8, 4) is 5.75 Å². The third-order valence-corrected chi connectivity index (χ3v) is 4.54. The van der Waals surface area contributed by atoms with Crippen LogP contribution in [0, 0.1) is 0 Å². The summed E-state index contributed by atoms with van der Waals surface area (Å²) in [4.78, 5) is 12.4. The Balaban J connectivity index is 2.31. The number of benzene rings is 2. The van der Waals surface area contributed by atoms with Crippen LogP contribution in [0.5, 0.6) is 5.75 Å². The van der Waals surface area contributed by atoms with Gasteiger partial charge in [-0.15, -0.1) is 0 Å². The van der Waals surface area contributed by atoms with Crippen LogP contribution in [-0.4, -0.2) is 27.1 Å². The SMILES string of the molecule is COc1ccc(S(=O)(=O)Nc2ccccc2C(=O)OC(C)(C)C)cc1. The first-order chi connectivity index (χ1) is 11.6. The molecule has 0 spiro atoms. The largest absolute Gasteiger partial charge is 0.497 e. The molecule has 0 saturated heterocycles. The molecule has 0 saturated carbocycles. The molecule has 0 aliphatic carbocycles. The number of ether oxygens (including phenoxy) is 2. The monoisotopic (exact) mass is 363 g/mol. The van der Waals surface area contributed by atoms with E-state index < -0.39 is 21.6 Å². The summed E-state index contributed by atoms with van der Waals surface area (Å²) < 4.78 is 37.9. The standard InChI is InChI=1S/C18H21NO5S/c1-18(2,3)24-17(20)15-7-5-6-8-16(15)19-25(21,22)14-11-9-13(23-4)10-12-14/h5-12,19H,1-4H3. The molecular formula is C18H21NO5S. The molecule has 0 unspecified atom stereocenters. The van der Waals surface area contributed by atoms with Gasteiger partial charge in [-0.05, 0) is 57.2 Å². The summed E-state index contributed by atoms with van der Waals surface area (Å²) >= 11 is 0. The Hall–Kier alpha value is -2.54. The van der Waals surface area contributed by atoms with Crippen molar-refractivity contribution >= 4 is 21.7 Å². The first-order valence-corrected chi connectivity index (χ1v) is 9.10. The zero-order chi connectivity index (χ0) is 18.7. The van der Waals surface area contributed by atoms with E-state index in [1.807, 2.05) is 0 Å². The van der Waals surface area contributed by atoms with Crippen molar-refractivity contribution in [1.29, 1.82) is 0 Å². The van der Waals surface area contributed by atoms with E-state index in [2.05, 4.69) is 4.72 Å². The summed E-state index contributed by atoms with van der Waals surface area (Å²) in [6.07, 6.45) is 0. The highest BCUT2D eigenvalue weighted by atomic mass is 32.2. The highest BCUT2D eigenvalue weighted by Crippen LogP contribution is 2.23. The molecule has 0 aliphatic heterocycles.